The van der Waals surface area contributed by atoms with Crippen LogP contribution in [-0.4, -0.2) is 31.1 Å². The molecule has 22 heavy (non-hydrogen) atoms. The van der Waals surface area contributed by atoms with Crippen LogP contribution in [0, 0.1) is 5.82 Å². The standard InChI is InChI=1S/C15H20F4N2.ClH/c1-2-4-13(21-9-7-20-8-10-21)14-11(15(17,18)19)5-3-6-12(14)16;/h3,5-6,13,20H,2,4,7-10H2,1H3;1H/t13-;/m1./s1. The predicted octanol–water partition coefficient (Wildman–Crippen LogP) is 4.01. The second kappa shape index (κ2) is 8.13. The molecule has 1 aliphatic rings. The number of benzene rings is 1. The Hall–Kier alpha value is -0.850. The third-order valence-electron chi connectivity index (χ3n) is 3.85. The summed E-state index contributed by atoms with van der Waals surface area (Å²) < 4.78 is 53.8. The topological polar surface area (TPSA) is 15.3 Å². The maximum Gasteiger partial charge on any atom is 0.416 e. The van der Waals surface area contributed by atoms with Crippen LogP contribution in [0.15, 0.2) is 18.2 Å². The minimum atomic E-state index is -4.53. The van der Waals surface area contributed by atoms with E-state index in [1.807, 2.05) is 11.8 Å². The van der Waals surface area contributed by atoms with Crippen LogP contribution < -0.4 is 5.32 Å². The highest BCUT2D eigenvalue weighted by atomic mass is 35.5. The van der Waals surface area contributed by atoms with E-state index in [9.17, 15) is 17.6 Å². The Balaban J connectivity index is 0.00000242. The molecule has 126 valence electrons. The Bertz CT molecular complexity index is 473. The van der Waals surface area contributed by atoms with Crippen LogP contribution in [0.3, 0.4) is 0 Å². The molecule has 1 fully saturated rings. The summed E-state index contributed by atoms with van der Waals surface area (Å²) in [5.74, 6) is -0.762. The monoisotopic (exact) mass is 340 g/mol. The van der Waals surface area contributed by atoms with Gasteiger partial charge in [0, 0.05) is 37.8 Å². The van der Waals surface area contributed by atoms with Gasteiger partial charge in [0.05, 0.1) is 5.56 Å². The van der Waals surface area contributed by atoms with Crippen molar-refractivity contribution in [3.05, 3.63) is 35.1 Å². The van der Waals surface area contributed by atoms with E-state index >= 15 is 0 Å². The quantitative estimate of drug-likeness (QED) is 0.833. The molecule has 1 aliphatic heterocycles. The summed E-state index contributed by atoms with van der Waals surface area (Å²) in [5, 5.41) is 3.16. The molecule has 0 spiro atoms. The molecule has 0 aromatic heterocycles. The van der Waals surface area contributed by atoms with E-state index in [1.54, 1.807) is 0 Å². The molecule has 7 heteroatoms. The molecule has 1 atom stereocenters. The van der Waals surface area contributed by atoms with Crippen LogP contribution in [0.25, 0.3) is 0 Å². The third kappa shape index (κ3) is 4.33. The Morgan fingerprint density at radius 1 is 1.23 bits per heavy atom. The molecule has 2 rings (SSSR count). The fourth-order valence-corrected chi connectivity index (χ4v) is 2.90. The smallest absolute Gasteiger partial charge is 0.314 e. The highest BCUT2D eigenvalue weighted by Crippen LogP contribution is 2.39. The Labute approximate surface area is 134 Å². The summed E-state index contributed by atoms with van der Waals surface area (Å²) in [6.07, 6.45) is -3.30. The molecule has 1 aromatic rings. The lowest BCUT2D eigenvalue weighted by molar-refractivity contribution is -0.139. The first-order valence-electron chi connectivity index (χ1n) is 7.25. The number of rotatable bonds is 4. The molecule has 1 N–H and O–H groups in total. The van der Waals surface area contributed by atoms with Crippen LogP contribution in [0.2, 0.25) is 0 Å². The van der Waals surface area contributed by atoms with E-state index in [4.69, 9.17) is 0 Å². The molecule has 0 aliphatic carbocycles. The van der Waals surface area contributed by atoms with Crippen LogP contribution in [0.1, 0.15) is 36.9 Å². The van der Waals surface area contributed by atoms with Gasteiger partial charge in [0.15, 0.2) is 0 Å². The molecule has 1 heterocycles. The van der Waals surface area contributed by atoms with Gasteiger partial charge >= 0.3 is 6.18 Å². The van der Waals surface area contributed by atoms with Crippen LogP contribution in [-0.2, 0) is 6.18 Å². The van der Waals surface area contributed by atoms with E-state index in [-0.39, 0.29) is 18.0 Å². The second-order valence-corrected chi connectivity index (χ2v) is 5.29. The molecule has 0 amide bonds. The van der Waals surface area contributed by atoms with Gasteiger partial charge < -0.3 is 5.32 Å². The molecule has 1 aromatic carbocycles. The lowest BCUT2D eigenvalue weighted by Crippen LogP contribution is -2.45. The Morgan fingerprint density at radius 3 is 2.41 bits per heavy atom. The lowest BCUT2D eigenvalue weighted by atomic mass is 9.94. The first-order chi connectivity index (χ1) is 9.95. The molecule has 0 radical (unpaired) electrons. The number of hydrogen-bond acceptors (Lipinski definition) is 2. The summed E-state index contributed by atoms with van der Waals surface area (Å²) >= 11 is 0. The van der Waals surface area contributed by atoms with Crippen molar-refractivity contribution < 1.29 is 17.6 Å². The highest BCUT2D eigenvalue weighted by Gasteiger charge is 2.38. The predicted molar refractivity (Wildman–Crippen MR) is 80.7 cm³/mol. The van der Waals surface area contributed by atoms with Gasteiger partial charge in [-0.2, -0.15) is 13.2 Å². The van der Waals surface area contributed by atoms with Gasteiger partial charge in [-0.05, 0) is 18.6 Å². The largest absolute Gasteiger partial charge is 0.416 e. The normalized spacial score (nSPS) is 17.9. The summed E-state index contributed by atoms with van der Waals surface area (Å²) in [5.41, 5.74) is -1.05. The van der Waals surface area contributed by atoms with Crippen molar-refractivity contribution in [1.82, 2.24) is 10.2 Å². The fourth-order valence-electron chi connectivity index (χ4n) is 2.90. The van der Waals surface area contributed by atoms with Crippen molar-refractivity contribution in [2.75, 3.05) is 26.2 Å². The van der Waals surface area contributed by atoms with Crippen molar-refractivity contribution in [3.63, 3.8) is 0 Å². The van der Waals surface area contributed by atoms with Crippen LogP contribution in [0.5, 0.6) is 0 Å². The van der Waals surface area contributed by atoms with E-state index in [2.05, 4.69) is 5.32 Å². The van der Waals surface area contributed by atoms with Gasteiger partial charge in [0.2, 0.25) is 0 Å². The first kappa shape index (κ1) is 19.2. The third-order valence-corrected chi connectivity index (χ3v) is 3.85. The number of nitrogens with zero attached hydrogens (tertiary/aromatic N) is 1. The average molecular weight is 341 g/mol. The molecule has 2 nitrogen and oxygen atoms in total. The molecule has 0 saturated carbocycles. The summed E-state index contributed by atoms with van der Waals surface area (Å²) in [7, 11) is 0. The van der Waals surface area contributed by atoms with Crippen LogP contribution >= 0.6 is 12.4 Å². The van der Waals surface area contributed by atoms with Crippen molar-refractivity contribution in [3.8, 4) is 0 Å². The van der Waals surface area contributed by atoms with Crippen LogP contribution in [0.4, 0.5) is 17.6 Å². The number of nitrogens with one attached hydrogen (secondary N) is 1. The zero-order valence-electron chi connectivity index (χ0n) is 12.4. The van der Waals surface area contributed by atoms with Crippen molar-refractivity contribution in [2.45, 2.75) is 32.0 Å². The van der Waals surface area contributed by atoms with Gasteiger partial charge in [-0.3, -0.25) is 4.90 Å². The lowest BCUT2D eigenvalue weighted by Gasteiger charge is -2.36. The van der Waals surface area contributed by atoms with E-state index in [0.29, 0.717) is 25.9 Å². The van der Waals surface area contributed by atoms with E-state index in [1.165, 1.54) is 0 Å². The van der Waals surface area contributed by atoms with Gasteiger partial charge in [0.25, 0.3) is 0 Å². The number of alkyl halides is 3. The van der Waals surface area contributed by atoms with Gasteiger partial charge in [-0.1, -0.05) is 19.4 Å². The maximum absolute atomic E-state index is 14.2. The summed E-state index contributed by atoms with van der Waals surface area (Å²) in [6.45, 7) is 4.61. The average Bonchev–Trinajstić information content (AvgIpc) is 2.45. The van der Waals surface area contributed by atoms with E-state index < -0.39 is 23.6 Å². The molecule has 0 unspecified atom stereocenters. The summed E-state index contributed by atoms with van der Waals surface area (Å²) in [4.78, 5) is 1.95. The zero-order chi connectivity index (χ0) is 15.5. The van der Waals surface area contributed by atoms with Crippen molar-refractivity contribution in [2.24, 2.45) is 0 Å². The minimum Gasteiger partial charge on any atom is -0.314 e. The number of hydrogen-bond donors (Lipinski definition) is 1. The molecular weight excluding hydrogens is 320 g/mol. The Kier molecular flexibility index (Phi) is 7.09. The molecule has 0 bridgehead atoms. The van der Waals surface area contributed by atoms with Crippen molar-refractivity contribution >= 4 is 12.4 Å². The SMILES string of the molecule is CCC[C@H](c1c(F)cccc1C(F)(F)F)N1CCNCC1.Cl. The van der Waals surface area contributed by atoms with Crippen molar-refractivity contribution in [1.29, 1.82) is 0 Å². The van der Waals surface area contributed by atoms with E-state index in [0.717, 1.165) is 31.3 Å². The summed E-state index contributed by atoms with van der Waals surface area (Å²) in [6, 6.07) is 2.70. The minimum absolute atomic E-state index is 0. The maximum atomic E-state index is 14.2. The number of piperazine rings is 1. The second-order valence-electron chi connectivity index (χ2n) is 5.29. The molecule has 1 saturated heterocycles. The van der Waals surface area contributed by atoms with Gasteiger partial charge in [-0.15, -0.1) is 12.4 Å². The van der Waals surface area contributed by atoms with Gasteiger partial charge in [-0.25, -0.2) is 4.39 Å². The first-order valence-corrected chi connectivity index (χ1v) is 7.25. The molecular formula is C15H21ClF4N2. The Morgan fingerprint density at radius 2 is 1.86 bits per heavy atom. The zero-order valence-corrected chi connectivity index (χ0v) is 13.2. The fraction of sp³-hybridized carbons (Fsp3) is 0.600. The number of halogens is 5. The van der Waals surface area contributed by atoms with Gasteiger partial charge in [0.1, 0.15) is 5.82 Å². The highest BCUT2D eigenvalue weighted by molar-refractivity contribution is 5.85.